The molecule has 0 radical (unpaired) electrons. The van der Waals surface area contributed by atoms with E-state index in [2.05, 4.69) is 16.0 Å². The first-order valence-corrected chi connectivity index (χ1v) is 7.30. The Hall–Kier alpha value is -2.13. The summed E-state index contributed by atoms with van der Waals surface area (Å²) in [4.78, 5) is 20.5. The molecule has 110 valence electrons. The molecule has 0 spiro atoms. The average molecular weight is 286 g/mol. The van der Waals surface area contributed by atoms with Gasteiger partial charge in [0.15, 0.2) is 0 Å². The first-order valence-electron chi connectivity index (χ1n) is 7.30. The fourth-order valence-electron chi connectivity index (χ4n) is 2.85. The molecule has 0 aromatic carbocycles. The number of nitrogens with zero attached hydrogens (tertiary/aromatic N) is 4. The van der Waals surface area contributed by atoms with Crippen molar-refractivity contribution in [1.82, 2.24) is 9.88 Å². The fraction of sp³-hybridized carbons (Fsp3) is 0.533. The van der Waals surface area contributed by atoms with Crippen LogP contribution in [0.4, 0.5) is 5.82 Å². The van der Waals surface area contributed by atoms with Crippen LogP contribution >= 0.6 is 0 Å². The number of pyridine rings is 1. The Kier molecular flexibility index (Phi) is 4.02. The van der Waals surface area contributed by atoms with Gasteiger partial charge in [0.25, 0.3) is 5.91 Å². The molecule has 2 fully saturated rings. The highest BCUT2D eigenvalue weighted by Gasteiger charge is 2.30. The molecule has 21 heavy (non-hydrogen) atoms. The summed E-state index contributed by atoms with van der Waals surface area (Å²) in [5.41, 5.74) is 0.580. The fourth-order valence-corrected chi connectivity index (χ4v) is 2.85. The number of amides is 1. The standard InChI is InChI=1S/C15H18N4O2/c16-11-12-3-1-5-17-14(12)18-6-8-19(9-7-18)15(20)13-4-2-10-21-13/h1,3,5,13H,2,4,6-10H2. The van der Waals surface area contributed by atoms with Crippen LogP contribution in [0.25, 0.3) is 0 Å². The number of ether oxygens (including phenoxy) is 1. The van der Waals surface area contributed by atoms with Gasteiger partial charge in [0, 0.05) is 39.0 Å². The minimum atomic E-state index is -0.249. The zero-order valence-corrected chi connectivity index (χ0v) is 11.9. The van der Waals surface area contributed by atoms with Crippen molar-refractivity contribution in [2.45, 2.75) is 18.9 Å². The first kappa shape index (κ1) is 13.8. The Balaban J connectivity index is 1.62. The van der Waals surface area contributed by atoms with Gasteiger partial charge in [-0.3, -0.25) is 4.79 Å². The number of carbonyl (C=O) groups excluding carboxylic acids is 1. The molecule has 0 saturated carbocycles. The van der Waals surface area contributed by atoms with Crippen LogP contribution in [-0.2, 0) is 9.53 Å². The van der Waals surface area contributed by atoms with Crippen molar-refractivity contribution in [1.29, 1.82) is 5.26 Å². The third-order valence-corrected chi connectivity index (χ3v) is 4.00. The van der Waals surface area contributed by atoms with Crippen molar-refractivity contribution in [2.24, 2.45) is 0 Å². The molecule has 2 aliphatic rings. The van der Waals surface area contributed by atoms with Crippen LogP contribution in [0.2, 0.25) is 0 Å². The van der Waals surface area contributed by atoms with Crippen molar-refractivity contribution >= 4 is 11.7 Å². The number of hydrogen-bond donors (Lipinski definition) is 0. The number of nitriles is 1. The predicted molar refractivity (Wildman–Crippen MR) is 76.7 cm³/mol. The van der Waals surface area contributed by atoms with Crippen LogP contribution < -0.4 is 4.90 Å². The summed E-state index contributed by atoms with van der Waals surface area (Å²) in [6, 6.07) is 5.70. The Morgan fingerprint density at radius 1 is 1.38 bits per heavy atom. The van der Waals surface area contributed by atoms with Gasteiger partial charge in [-0.1, -0.05) is 0 Å². The number of anilines is 1. The van der Waals surface area contributed by atoms with Crippen molar-refractivity contribution in [3.63, 3.8) is 0 Å². The number of hydrogen-bond acceptors (Lipinski definition) is 5. The summed E-state index contributed by atoms with van der Waals surface area (Å²) >= 11 is 0. The largest absolute Gasteiger partial charge is 0.368 e. The molecule has 1 atom stereocenters. The lowest BCUT2D eigenvalue weighted by atomic mass is 10.2. The van der Waals surface area contributed by atoms with Gasteiger partial charge in [0.1, 0.15) is 18.0 Å². The van der Waals surface area contributed by atoms with E-state index in [1.165, 1.54) is 0 Å². The van der Waals surface area contributed by atoms with E-state index in [9.17, 15) is 4.79 Å². The third-order valence-electron chi connectivity index (χ3n) is 4.00. The molecule has 2 saturated heterocycles. The lowest BCUT2D eigenvalue weighted by molar-refractivity contribution is -0.141. The molecule has 3 heterocycles. The first-order chi connectivity index (χ1) is 10.3. The van der Waals surface area contributed by atoms with Crippen molar-refractivity contribution < 1.29 is 9.53 Å². The van der Waals surface area contributed by atoms with Gasteiger partial charge in [0.05, 0.1) is 5.56 Å². The van der Waals surface area contributed by atoms with E-state index in [0.29, 0.717) is 44.2 Å². The lowest BCUT2D eigenvalue weighted by Crippen LogP contribution is -2.51. The Morgan fingerprint density at radius 2 is 2.19 bits per heavy atom. The Morgan fingerprint density at radius 3 is 2.86 bits per heavy atom. The van der Waals surface area contributed by atoms with Gasteiger partial charge in [0.2, 0.25) is 0 Å². The van der Waals surface area contributed by atoms with E-state index in [1.54, 1.807) is 18.3 Å². The molecule has 2 aliphatic heterocycles. The second-order valence-corrected chi connectivity index (χ2v) is 5.30. The number of aromatic nitrogens is 1. The highest BCUT2D eigenvalue weighted by molar-refractivity contribution is 5.81. The monoisotopic (exact) mass is 286 g/mol. The minimum absolute atomic E-state index is 0.105. The molecule has 6 heteroatoms. The minimum Gasteiger partial charge on any atom is -0.368 e. The summed E-state index contributed by atoms with van der Waals surface area (Å²) in [5, 5.41) is 9.14. The molecule has 0 aliphatic carbocycles. The number of carbonyl (C=O) groups is 1. The second-order valence-electron chi connectivity index (χ2n) is 5.30. The van der Waals surface area contributed by atoms with E-state index in [-0.39, 0.29) is 12.0 Å². The predicted octanol–water partition coefficient (Wildman–Crippen LogP) is 0.781. The quantitative estimate of drug-likeness (QED) is 0.803. The van der Waals surface area contributed by atoms with Crippen LogP contribution in [0.1, 0.15) is 18.4 Å². The van der Waals surface area contributed by atoms with Crippen molar-refractivity contribution in [2.75, 3.05) is 37.7 Å². The number of rotatable bonds is 2. The maximum atomic E-state index is 12.3. The summed E-state index contributed by atoms with van der Waals surface area (Å²) in [6.45, 7) is 3.39. The van der Waals surface area contributed by atoms with Gasteiger partial charge < -0.3 is 14.5 Å². The highest BCUT2D eigenvalue weighted by atomic mass is 16.5. The molecular weight excluding hydrogens is 268 g/mol. The van der Waals surface area contributed by atoms with Crippen LogP contribution in [0, 0.1) is 11.3 Å². The van der Waals surface area contributed by atoms with Gasteiger partial charge in [-0.05, 0) is 25.0 Å². The van der Waals surface area contributed by atoms with Crippen LogP contribution in [-0.4, -0.2) is 54.7 Å². The lowest BCUT2D eigenvalue weighted by Gasteiger charge is -2.36. The van der Waals surface area contributed by atoms with Crippen LogP contribution in [0.3, 0.4) is 0 Å². The van der Waals surface area contributed by atoms with E-state index >= 15 is 0 Å². The van der Waals surface area contributed by atoms with E-state index in [1.807, 2.05) is 4.90 Å². The van der Waals surface area contributed by atoms with Crippen molar-refractivity contribution in [3.8, 4) is 6.07 Å². The summed E-state index contributed by atoms with van der Waals surface area (Å²) in [5.74, 6) is 0.817. The molecular formula is C15H18N4O2. The molecule has 3 rings (SSSR count). The Labute approximate surface area is 123 Å². The maximum Gasteiger partial charge on any atom is 0.251 e. The average Bonchev–Trinajstić information content (AvgIpc) is 3.09. The van der Waals surface area contributed by atoms with E-state index in [0.717, 1.165) is 12.8 Å². The van der Waals surface area contributed by atoms with Gasteiger partial charge in [-0.15, -0.1) is 0 Å². The summed E-state index contributed by atoms with van der Waals surface area (Å²) < 4.78 is 5.46. The van der Waals surface area contributed by atoms with Gasteiger partial charge in [-0.2, -0.15) is 5.26 Å². The number of piperazine rings is 1. The Bertz CT molecular complexity index is 555. The molecule has 1 amide bonds. The molecule has 1 aromatic rings. The summed E-state index contributed by atoms with van der Waals surface area (Å²) in [6.07, 6.45) is 3.24. The molecule has 1 unspecified atom stereocenters. The zero-order chi connectivity index (χ0) is 14.7. The van der Waals surface area contributed by atoms with Gasteiger partial charge in [-0.25, -0.2) is 4.98 Å². The van der Waals surface area contributed by atoms with E-state index in [4.69, 9.17) is 10.00 Å². The molecule has 1 aromatic heterocycles. The van der Waals surface area contributed by atoms with Crippen LogP contribution in [0.15, 0.2) is 18.3 Å². The molecule has 0 N–H and O–H groups in total. The SMILES string of the molecule is N#Cc1cccnc1N1CCN(C(=O)C2CCCO2)CC1. The summed E-state index contributed by atoms with van der Waals surface area (Å²) in [7, 11) is 0. The topological polar surface area (TPSA) is 69.5 Å². The van der Waals surface area contributed by atoms with Gasteiger partial charge >= 0.3 is 0 Å². The normalized spacial score (nSPS) is 22.1. The zero-order valence-electron chi connectivity index (χ0n) is 11.9. The maximum absolute atomic E-state index is 12.3. The highest BCUT2D eigenvalue weighted by Crippen LogP contribution is 2.20. The van der Waals surface area contributed by atoms with Crippen LogP contribution in [0.5, 0.6) is 0 Å². The smallest absolute Gasteiger partial charge is 0.251 e. The molecule has 0 bridgehead atoms. The third kappa shape index (κ3) is 2.83. The van der Waals surface area contributed by atoms with E-state index < -0.39 is 0 Å². The second kappa shape index (κ2) is 6.10. The van der Waals surface area contributed by atoms with Crippen molar-refractivity contribution in [3.05, 3.63) is 23.9 Å². The molecule has 6 nitrogen and oxygen atoms in total.